The van der Waals surface area contributed by atoms with E-state index in [2.05, 4.69) is 30.4 Å². The average Bonchev–Trinajstić information content (AvgIpc) is 2.47. The molecule has 3 rings (SSSR count). The summed E-state index contributed by atoms with van der Waals surface area (Å²) < 4.78 is 0. The Hall–Kier alpha value is -0.980. The van der Waals surface area contributed by atoms with Gasteiger partial charge in [-0.2, -0.15) is 0 Å². The molecule has 1 aliphatic heterocycles. The van der Waals surface area contributed by atoms with Crippen molar-refractivity contribution in [3.8, 4) is 0 Å². The van der Waals surface area contributed by atoms with Gasteiger partial charge in [0.05, 0.1) is 0 Å². The summed E-state index contributed by atoms with van der Waals surface area (Å²) in [6, 6.07) is 6.98. The van der Waals surface area contributed by atoms with Crippen molar-refractivity contribution in [1.82, 2.24) is 0 Å². The number of hydrogen-bond acceptors (Lipinski definition) is 1. The lowest BCUT2D eigenvalue weighted by atomic mass is 9.79. The molecule has 1 N–H and O–H groups in total. The zero-order valence-corrected chi connectivity index (χ0v) is 12.3. The van der Waals surface area contributed by atoms with Gasteiger partial charge in [0.2, 0.25) is 0 Å². The topological polar surface area (TPSA) is 12.0 Å². The van der Waals surface area contributed by atoms with E-state index in [1.165, 1.54) is 62.7 Å². The lowest BCUT2D eigenvalue weighted by molar-refractivity contribution is 0.289. The van der Waals surface area contributed by atoms with Crippen molar-refractivity contribution in [3.63, 3.8) is 0 Å². The largest absolute Gasteiger partial charge is 0.385 e. The summed E-state index contributed by atoms with van der Waals surface area (Å²) >= 11 is 0. The molecule has 1 heteroatoms. The molecule has 1 aromatic carbocycles. The second kappa shape index (κ2) is 5.98. The van der Waals surface area contributed by atoms with E-state index in [1.54, 1.807) is 5.56 Å². The molecule has 1 aromatic rings. The molecule has 1 heterocycles. The van der Waals surface area contributed by atoms with Crippen LogP contribution in [-0.4, -0.2) is 6.54 Å². The van der Waals surface area contributed by atoms with Gasteiger partial charge >= 0.3 is 0 Å². The Labute approximate surface area is 117 Å². The summed E-state index contributed by atoms with van der Waals surface area (Å²) in [5, 5.41) is 3.65. The maximum atomic E-state index is 3.65. The van der Waals surface area contributed by atoms with Gasteiger partial charge in [0.1, 0.15) is 0 Å². The second-order valence-electron chi connectivity index (χ2n) is 6.54. The summed E-state index contributed by atoms with van der Waals surface area (Å²) in [4.78, 5) is 0. The summed E-state index contributed by atoms with van der Waals surface area (Å²) in [6.45, 7) is 3.44. The number of nitrogens with one attached hydrogen (secondary N) is 1. The van der Waals surface area contributed by atoms with Gasteiger partial charge in [-0.05, 0) is 48.3 Å². The van der Waals surface area contributed by atoms with Crippen molar-refractivity contribution in [3.05, 3.63) is 29.3 Å². The minimum absolute atomic E-state index is 0.864. The average molecular weight is 257 g/mol. The molecule has 104 valence electrons. The van der Waals surface area contributed by atoms with Crippen LogP contribution in [0.5, 0.6) is 0 Å². The smallest absolute Gasteiger partial charge is 0.0373 e. The van der Waals surface area contributed by atoms with E-state index in [-0.39, 0.29) is 0 Å². The fraction of sp³-hybridized carbons (Fsp3) is 0.667. The number of anilines is 1. The van der Waals surface area contributed by atoms with Gasteiger partial charge in [-0.25, -0.2) is 0 Å². The number of aryl methyl sites for hydroxylation is 1. The standard InChI is InChI=1S/C18H27N/c1-2-14-8-9-18-17(11-14)12-16(13-19-18)10-15-6-4-3-5-7-15/h8-9,11,15-16,19H,2-7,10,12-13H2,1H3. The van der Waals surface area contributed by atoms with Gasteiger partial charge in [-0.3, -0.25) is 0 Å². The lowest BCUT2D eigenvalue weighted by Crippen LogP contribution is -2.26. The van der Waals surface area contributed by atoms with Crippen LogP contribution in [0.2, 0.25) is 0 Å². The first-order chi connectivity index (χ1) is 9.35. The third kappa shape index (κ3) is 3.13. The van der Waals surface area contributed by atoms with Crippen LogP contribution in [0.1, 0.15) is 56.6 Å². The van der Waals surface area contributed by atoms with E-state index in [0.29, 0.717) is 0 Å². The van der Waals surface area contributed by atoms with Crippen LogP contribution in [-0.2, 0) is 12.8 Å². The van der Waals surface area contributed by atoms with Crippen LogP contribution >= 0.6 is 0 Å². The zero-order valence-electron chi connectivity index (χ0n) is 12.3. The molecule has 1 aliphatic carbocycles. The highest BCUT2D eigenvalue weighted by atomic mass is 14.9. The SMILES string of the molecule is CCc1ccc2c(c1)CC(CC1CCCCC1)CN2. The quantitative estimate of drug-likeness (QED) is 0.820. The molecule has 19 heavy (non-hydrogen) atoms. The first-order valence-electron chi connectivity index (χ1n) is 8.21. The van der Waals surface area contributed by atoms with Crippen molar-refractivity contribution in [2.75, 3.05) is 11.9 Å². The monoisotopic (exact) mass is 257 g/mol. The third-order valence-corrected chi connectivity index (χ3v) is 5.06. The first-order valence-corrected chi connectivity index (χ1v) is 8.21. The molecule has 0 saturated heterocycles. The van der Waals surface area contributed by atoms with E-state index in [4.69, 9.17) is 0 Å². The minimum Gasteiger partial charge on any atom is -0.385 e. The lowest BCUT2D eigenvalue weighted by Gasteiger charge is -2.31. The number of benzene rings is 1. The maximum absolute atomic E-state index is 3.65. The summed E-state index contributed by atoms with van der Waals surface area (Å²) in [7, 11) is 0. The molecule has 1 nitrogen and oxygen atoms in total. The molecule has 0 spiro atoms. The first kappa shape index (κ1) is 13.0. The van der Waals surface area contributed by atoms with Gasteiger partial charge in [-0.1, -0.05) is 51.2 Å². The van der Waals surface area contributed by atoms with Gasteiger partial charge < -0.3 is 5.32 Å². The number of rotatable bonds is 3. The minimum atomic E-state index is 0.864. The predicted molar refractivity (Wildman–Crippen MR) is 82.7 cm³/mol. The van der Waals surface area contributed by atoms with Crippen molar-refractivity contribution < 1.29 is 0 Å². The normalized spacial score (nSPS) is 23.7. The van der Waals surface area contributed by atoms with E-state index in [9.17, 15) is 0 Å². The highest BCUT2D eigenvalue weighted by Crippen LogP contribution is 2.33. The molecule has 1 atom stereocenters. The molecule has 0 radical (unpaired) electrons. The van der Waals surface area contributed by atoms with Gasteiger partial charge in [0.25, 0.3) is 0 Å². The van der Waals surface area contributed by atoms with Crippen LogP contribution in [0, 0.1) is 11.8 Å². The van der Waals surface area contributed by atoms with Gasteiger partial charge in [0, 0.05) is 12.2 Å². The zero-order chi connectivity index (χ0) is 13.1. The Bertz CT molecular complexity index is 418. The molecule has 0 amide bonds. The summed E-state index contributed by atoms with van der Waals surface area (Å²) in [5.74, 6) is 1.87. The Kier molecular flexibility index (Phi) is 4.10. The Morgan fingerprint density at radius 3 is 2.74 bits per heavy atom. The second-order valence-corrected chi connectivity index (χ2v) is 6.54. The van der Waals surface area contributed by atoms with Gasteiger partial charge in [-0.15, -0.1) is 0 Å². The van der Waals surface area contributed by atoms with Crippen molar-refractivity contribution in [2.24, 2.45) is 11.8 Å². The van der Waals surface area contributed by atoms with E-state index in [0.717, 1.165) is 18.3 Å². The van der Waals surface area contributed by atoms with Crippen molar-refractivity contribution in [2.45, 2.75) is 58.3 Å². The molecule has 0 bridgehead atoms. The Morgan fingerprint density at radius 2 is 1.95 bits per heavy atom. The predicted octanol–water partition coefficient (Wildman–Crippen LogP) is 4.80. The van der Waals surface area contributed by atoms with Gasteiger partial charge in [0.15, 0.2) is 0 Å². The molecule has 0 aromatic heterocycles. The molecule has 2 aliphatic rings. The highest BCUT2D eigenvalue weighted by molar-refractivity contribution is 5.54. The van der Waals surface area contributed by atoms with Crippen LogP contribution in [0.25, 0.3) is 0 Å². The van der Waals surface area contributed by atoms with Crippen LogP contribution in [0.4, 0.5) is 5.69 Å². The Morgan fingerprint density at radius 1 is 1.11 bits per heavy atom. The van der Waals surface area contributed by atoms with Crippen LogP contribution in [0.15, 0.2) is 18.2 Å². The van der Waals surface area contributed by atoms with E-state index in [1.807, 2.05) is 0 Å². The molecular weight excluding hydrogens is 230 g/mol. The molecule has 1 unspecified atom stereocenters. The number of hydrogen-bond donors (Lipinski definition) is 1. The fourth-order valence-electron chi connectivity index (χ4n) is 3.91. The maximum Gasteiger partial charge on any atom is 0.0373 e. The van der Waals surface area contributed by atoms with E-state index < -0.39 is 0 Å². The third-order valence-electron chi connectivity index (χ3n) is 5.06. The van der Waals surface area contributed by atoms with Crippen molar-refractivity contribution in [1.29, 1.82) is 0 Å². The van der Waals surface area contributed by atoms with Crippen LogP contribution in [0.3, 0.4) is 0 Å². The highest BCUT2D eigenvalue weighted by Gasteiger charge is 2.23. The summed E-state index contributed by atoms with van der Waals surface area (Å²) in [5.41, 5.74) is 4.43. The van der Waals surface area contributed by atoms with E-state index >= 15 is 0 Å². The number of fused-ring (bicyclic) bond motifs is 1. The van der Waals surface area contributed by atoms with Crippen molar-refractivity contribution >= 4 is 5.69 Å². The molecular formula is C18H27N. The molecule has 1 saturated carbocycles. The fourth-order valence-corrected chi connectivity index (χ4v) is 3.91. The van der Waals surface area contributed by atoms with Crippen LogP contribution < -0.4 is 5.32 Å². The Balaban J connectivity index is 1.63. The summed E-state index contributed by atoms with van der Waals surface area (Å²) in [6.07, 6.45) is 11.3. The molecule has 1 fully saturated rings.